The van der Waals surface area contributed by atoms with E-state index in [1.165, 1.54) is 0 Å². The topological polar surface area (TPSA) is 60.2 Å². The van der Waals surface area contributed by atoms with Crippen molar-refractivity contribution in [1.29, 1.82) is 0 Å². The Balaban J connectivity index is 1.98. The van der Waals surface area contributed by atoms with Gasteiger partial charge in [0.05, 0.1) is 0 Å². The van der Waals surface area contributed by atoms with Crippen LogP contribution in [-0.4, -0.2) is 23.2 Å². The molecular formula is C14H19N3O2. The second kappa shape index (κ2) is 6.33. The predicted molar refractivity (Wildman–Crippen MR) is 72.0 cm³/mol. The number of rotatable bonds is 6. The fourth-order valence-electron chi connectivity index (χ4n) is 1.65. The Bertz CT molecular complexity index is 498. The molecule has 102 valence electrons. The van der Waals surface area contributed by atoms with Gasteiger partial charge in [0.15, 0.2) is 11.9 Å². The zero-order valence-electron chi connectivity index (χ0n) is 11.5. The average Bonchev–Trinajstić information content (AvgIpc) is 2.88. The summed E-state index contributed by atoms with van der Waals surface area (Å²) in [6.07, 6.45) is 0.478. The summed E-state index contributed by atoms with van der Waals surface area (Å²) in [4.78, 5) is 4.35. The summed E-state index contributed by atoms with van der Waals surface area (Å²) in [6.45, 7) is 3.96. The van der Waals surface area contributed by atoms with Gasteiger partial charge in [0.1, 0.15) is 5.75 Å². The van der Waals surface area contributed by atoms with Crippen molar-refractivity contribution in [2.75, 3.05) is 7.05 Å². The summed E-state index contributed by atoms with van der Waals surface area (Å²) in [5.41, 5.74) is 0. The molecule has 0 saturated carbocycles. The highest BCUT2D eigenvalue weighted by atomic mass is 16.5. The molecule has 2 rings (SSSR count). The summed E-state index contributed by atoms with van der Waals surface area (Å²) in [5, 5.41) is 7.10. The summed E-state index contributed by atoms with van der Waals surface area (Å²) in [7, 11) is 1.91. The Morgan fingerprint density at radius 2 is 2.00 bits per heavy atom. The molecule has 0 saturated heterocycles. The minimum Gasteiger partial charge on any atom is -0.481 e. The van der Waals surface area contributed by atoms with Gasteiger partial charge in [-0.2, -0.15) is 4.98 Å². The van der Waals surface area contributed by atoms with Crippen LogP contribution in [0.15, 0.2) is 34.9 Å². The van der Waals surface area contributed by atoms with Gasteiger partial charge < -0.3 is 14.6 Å². The van der Waals surface area contributed by atoms with Gasteiger partial charge in [-0.05, 0) is 33.0 Å². The van der Waals surface area contributed by atoms with Crippen molar-refractivity contribution < 1.29 is 9.26 Å². The molecule has 0 fully saturated rings. The average molecular weight is 261 g/mol. The second-order valence-electron chi connectivity index (χ2n) is 4.52. The van der Waals surface area contributed by atoms with Gasteiger partial charge >= 0.3 is 0 Å². The first-order valence-corrected chi connectivity index (χ1v) is 6.40. The zero-order valence-corrected chi connectivity index (χ0v) is 11.5. The molecule has 5 nitrogen and oxygen atoms in total. The molecule has 0 radical (unpaired) electrons. The van der Waals surface area contributed by atoms with Crippen LogP contribution >= 0.6 is 0 Å². The molecular weight excluding hydrogens is 242 g/mol. The number of para-hydroxylation sites is 1. The van der Waals surface area contributed by atoms with Gasteiger partial charge in [-0.3, -0.25) is 0 Å². The Morgan fingerprint density at radius 1 is 1.26 bits per heavy atom. The monoisotopic (exact) mass is 261 g/mol. The number of likely N-dealkylation sites (N-methyl/N-ethyl adjacent to an activating group) is 1. The Kier molecular flexibility index (Phi) is 4.52. The molecule has 0 aliphatic heterocycles. The number of benzene rings is 1. The summed E-state index contributed by atoms with van der Waals surface area (Å²) in [6, 6.07) is 9.91. The molecule has 0 bridgehead atoms. The van der Waals surface area contributed by atoms with Gasteiger partial charge in [0.2, 0.25) is 0 Å². The molecule has 1 aromatic carbocycles. The summed E-state index contributed by atoms with van der Waals surface area (Å²) >= 11 is 0. The van der Waals surface area contributed by atoms with E-state index in [-0.39, 0.29) is 6.10 Å². The summed E-state index contributed by atoms with van der Waals surface area (Å²) < 4.78 is 11.0. The number of aromatic nitrogens is 2. The van der Waals surface area contributed by atoms with Crippen molar-refractivity contribution in [2.24, 2.45) is 0 Å². The molecule has 0 spiro atoms. The van der Waals surface area contributed by atoms with Crippen LogP contribution in [0.5, 0.6) is 5.75 Å². The molecule has 1 aromatic heterocycles. The van der Waals surface area contributed by atoms with Gasteiger partial charge in [0.25, 0.3) is 5.89 Å². The van der Waals surface area contributed by atoms with E-state index >= 15 is 0 Å². The van der Waals surface area contributed by atoms with Crippen molar-refractivity contribution in [1.82, 2.24) is 15.5 Å². The van der Waals surface area contributed by atoms with Gasteiger partial charge in [-0.1, -0.05) is 23.4 Å². The maximum Gasteiger partial charge on any atom is 0.267 e. The van der Waals surface area contributed by atoms with E-state index in [2.05, 4.69) is 22.4 Å². The molecule has 2 aromatic rings. The Morgan fingerprint density at radius 3 is 2.68 bits per heavy atom. The van der Waals surface area contributed by atoms with Crippen LogP contribution in [0.2, 0.25) is 0 Å². The quantitative estimate of drug-likeness (QED) is 0.865. The predicted octanol–water partition coefficient (Wildman–Crippen LogP) is 2.36. The van der Waals surface area contributed by atoms with Crippen molar-refractivity contribution >= 4 is 0 Å². The van der Waals surface area contributed by atoms with Crippen LogP contribution in [0.1, 0.15) is 31.7 Å². The minimum atomic E-state index is -0.256. The number of nitrogens with one attached hydrogen (secondary N) is 1. The number of ether oxygens (including phenoxy) is 1. The molecule has 19 heavy (non-hydrogen) atoms. The fourth-order valence-corrected chi connectivity index (χ4v) is 1.65. The van der Waals surface area contributed by atoms with E-state index in [9.17, 15) is 0 Å². The van der Waals surface area contributed by atoms with E-state index in [0.717, 1.165) is 12.2 Å². The third-order valence-corrected chi connectivity index (χ3v) is 2.87. The maximum atomic E-state index is 5.73. The largest absolute Gasteiger partial charge is 0.481 e. The first-order valence-electron chi connectivity index (χ1n) is 6.40. The standard InChI is InChI=1S/C14H19N3O2/c1-10(15-3)9-13-16-14(19-17-13)11(2)18-12-7-5-4-6-8-12/h4-8,10-11,15H,9H2,1-3H3. The molecule has 2 atom stereocenters. The van der Waals surface area contributed by atoms with Gasteiger partial charge in [0, 0.05) is 12.5 Å². The van der Waals surface area contributed by atoms with Gasteiger partial charge in [-0.15, -0.1) is 0 Å². The Labute approximate surface area is 113 Å². The first kappa shape index (κ1) is 13.5. The number of nitrogens with zero attached hydrogens (tertiary/aromatic N) is 2. The highest BCUT2D eigenvalue weighted by Gasteiger charge is 2.16. The molecule has 0 amide bonds. The lowest BCUT2D eigenvalue weighted by molar-refractivity contribution is 0.175. The minimum absolute atomic E-state index is 0.256. The van der Waals surface area contributed by atoms with Crippen molar-refractivity contribution in [3.63, 3.8) is 0 Å². The molecule has 1 N–H and O–H groups in total. The van der Waals surface area contributed by atoms with Crippen LogP contribution in [0.4, 0.5) is 0 Å². The Hall–Kier alpha value is -1.88. The van der Waals surface area contributed by atoms with Crippen molar-refractivity contribution in [3.05, 3.63) is 42.0 Å². The van der Waals surface area contributed by atoms with E-state index in [4.69, 9.17) is 9.26 Å². The maximum absolute atomic E-state index is 5.73. The lowest BCUT2D eigenvalue weighted by Gasteiger charge is -2.10. The van der Waals surface area contributed by atoms with E-state index < -0.39 is 0 Å². The fraction of sp³-hybridized carbons (Fsp3) is 0.429. The van der Waals surface area contributed by atoms with Crippen molar-refractivity contribution in [2.45, 2.75) is 32.4 Å². The smallest absolute Gasteiger partial charge is 0.267 e. The second-order valence-corrected chi connectivity index (χ2v) is 4.52. The SMILES string of the molecule is CNC(C)Cc1noc(C(C)Oc2ccccc2)n1. The molecule has 0 aliphatic carbocycles. The normalized spacial score (nSPS) is 14.1. The van der Waals surface area contributed by atoms with Crippen LogP contribution in [0, 0.1) is 0 Å². The van der Waals surface area contributed by atoms with Crippen molar-refractivity contribution in [3.8, 4) is 5.75 Å². The number of hydrogen-bond donors (Lipinski definition) is 1. The van der Waals surface area contributed by atoms with E-state index in [1.807, 2.05) is 44.3 Å². The zero-order chi connectivity index (χ0) is 13.7. The van der Waals surface area contributed by atoms with Gasteiger partial charge in [-0.25, -0.2) is 0 Å². The molecule has 2 unspecified atom stereocenters. The molecule has 0 aliphatic rings. The lowest BCUT2D eigenvalue weighted by Crippen LogP contribution is -2.24. The van der Waals surface area contributed by atoms with Crippen LogP contribution in [0.3, 0.4) is 0 Å². The van der Waals surface area contributed by atoms with Crippen LogP contribution < -0.4 is 10.1 Å². The number of hydrogen-bond acceptors (Lipinski definition) is 5. The van der Waals surface area contributed by atoms with E-state index in [1.54, 1.807) is 0 Å². The summed E-state index contributed by atoms with van der Waals surface area (Å²) in [5.74, 6) is 1.99. The third-order valence-electron chi connectivity index (χ3n) is 2.87. The lowest BCUT2D eigenvalue weighted by atomic mass is 10.2. The van der Waals surface area contributed by atoms with Crippen LogP contribution in [0.25, 0.3) is 0 Å². The highest BCUT2D eigenvalue weighted by Crippen LogP contribution is 2.20. The molecule has 5 heteroatoms. The third kappa shape index (κ3) is 3.79. The molecule has 1 heterocycles. The highest BCUT2D eigenvalue weighted by molar-refractivity contribution is 5.21. The van der Waals surface area contributed by atoms with E-state index in [0.29, 0.717) is 17.8 Å². The van der Waals surface area contributed by atoms with Crippen LogP contribution in [-0.2, 0) is 6.42 Å². The first-order chi connectivity index (χ1) is 9.19.